The van der Waals surface area contributed by atoms with Gasteiger partial charge in [-0.1, -0.05) is 19.1 Å². The minimum atomic E-state index is -0.211. The second kappa shape index (κ2) is 5.19. The molecule has 0 unspecified atom stereocenters. The summed E-state index contributed by atoms with van der Waals surface area (Å²) in [4.78, 5) is 12.6. The van der Waals surface area contributed by atoms with E-state index in [1.54, 1.807) is 0 Å². The van der Waals surface area contributed by atoms with E-state index in [0.717, 1.165) is 31.4 Å². The quantitative estimate of drug-likeness (QED) is 0.785. The zero-order chi connectivity index (χ0) is 12.4. The molecule has 0 aliphatic rings. The van der Waals surface area contributed by atoms with E-state index in [-0.39, 0.29) is 5.97 Å². The van der Waals surface area contributed by atoms with Crippen molar-refractivity contribution in [2.75, 3.05) is 6.61 Å². The molecule has 17 heavy (non-hydrogen) atoms. The van der Waals surface area contributed by atoms with Crippen LogP contribution in [0.2, 0.25) is 0 Å². The molecule has 0 amide bonds. The third-order valence-corrected chi connectivity index (χ3v) is 4.77. The molecule has 0 fully saturated rings. The van der Waals surface area contributed by atoms with Crippen molar-refractivity contribution in [2.24, 2.45) is 0 Å². The van der Waals surface area contributed by atoms with Crippen molar-refractivity contribution >= 4 is 43.3 Å². The Morgan fingerprint density at radius 1 is 1.41 bits per heavy atom. The van der Waals surface area contributed by atoms with Crippen molar-refractivity contribution in [2.45, 2.75) is 20.3 Å². The molecule has 4 heteroatoms. The van der Waals surface area contributed by atoms with Crippen molar-refractivity contribution in [3.8, 4) is 0 Å². The average Bonchev–Trinajstić information content (AvgIpc) is 2.69. The molecule has 2 nitrogen and oxygen atoms in total. The number of carbonyl (C=O) groups excluding carboxylic acids is 1. The number of hydrogen-bond acceptors (Lipinski definition) is 3. The summed E-state index contributed by atoms with van der Waals surface area (Å²) in [7, 11) is 0. The van der Waals surface area contributed by atoms with Gasteiger partial charge in [0.25, 0.3) is 0 Å². The van der Waals surface area contributed by atoms with Gasteiger partial charge in [-0.05, 0) is 46.3 Å². The van der Waals surface area contributed by atoms with Crippen LogP contribution in [0.15, 0.2) is 22.7 Å². The molecule has 0 saturated heterocycles. The first-order valence-corrected chi connectivity index (χ1v) is 7.17. The number of hydrogen-bond donors (Lipinski definition) is 0. The van der Waals surface area contributed by atoms with Crippen LogP contribution in [-0.2, 0) is 11.2 Å². The summed E-state index contributed by atoms with van der Waals surface area (Å²) in [6.07, 6.45) is 0.838. The maximum atomic E-state index is 11.9. The maximum Gasteiger partial charge on any atom is 0.348 e. The number of thiophene rings is 1. The van der Waals surface area contributed by atoms with Crippen LogP contribution in [-0.4, -0.2) is 12.6 Å². The highest BCUT2D eigenvalue weighted by Crippen LogP contribution is 2.36. The Balaban J connectivity index is 2.63. The Kier molecular flexibility index (Phi) is 3.84. The van der Waals surface area contributed by atoms with Gasteiger partial charge >= 0.3 is 5.97 Å². The van der Waals surface area contributed by atoms with Crippen molar-refractivity contribution in [1.29, 1.82) is 0 Å². The lowest BCUT2D eigenvalue weighted by Gasteiger charge is -2.01. The van der Waals surface area contributed by atoms with Crippen LogP contribution in [0.5, 0.6) is 0 Å². The van der Waals surface area contributed by atoms with Crippen molar-refractivity contribution in [3.05, 3.63) is 33.1 Å². The molecular weight excluding hydrogens is 300 g/mol. The van der Waals surface area contributed by atoms with Gasteiger partial charge in [0.1, 0.15) is 4.88 Å². The summed E-state index contributed by atoms with van der Waals surface area (Å²) in [6.45, 7) is 4.30. The van der Waals surface area contributed by atoms with Crippen LogP contribution in [0.25, 0.3) is 10.1 Å². The van der Waals surface area contributed by atoms with E-state index in [0.29, 0.717) is 6.61 Å². The van der Waals surface area contributed by atoms with Gasteiger partial charge in [-0.3, -0.25) is 0 Å². The highest BCUT2D eigenvalue weighted by Gasteiger charge is 2.18. The Morgan fingerprint density at radius 2 is 2.18 bits per heavy atom. The monoisotopic (exact) mass is 312 g/mol. The summed E-state index contributed by atoms with van der Waals surface area (Å²) in [5.74, 6) is -0.211. The predicted octanol–water partition coefficient (Wildman–Crippen LogP) is 4.40. The lowest BCUT2D eigenvalue weighted by atomic mass is 10.1. The predicted molar refractivity (Wildman–Crippen MR) is 74.9 cm³/mol. The molecule has 0 N–H and O–H groups in total. The largest absolute Gasteiger partial charge is 0.462 e. The first kappa shape index (κ1) is 12.6. The number of fused-ring (bicyclic) bond motifs is 1. The average molecular weight is 313 g/mol. The second-order valence-electron chi connectivity index (χ2n) is 3.60. The topological polar surface area (TPSA) is 26.3 Å². The van der Waals surface area contributed by atoms with Gasteiger partial charge in [-0.15, -0.1) is 11.3 Å². The number of benzene rings is 1. The van der Waals surface area contributed by atoms with Gasteiger partial charge in [-0.2, -0.15) is 0 Å². The Labute approximate surface area is 113 Å². The van der Waals surface area contributed by atoms with E-state index in [9.17, 15) is 4.79 Å². The molecular formula is C13H13BrO2S. The fourth-order valence-corrected chi connectivity index (χ4v) is 3.65. The molecule has 2 rings (SSSR count). The first-order valence-electron chi connectivity index (χ1n) is 5.56. The van der Waals surface area contributed by atoms with Crippen LogP contribution in [0.4, 0.5) is 0 Å². The molecule has 0 bridgehead atoms. The molecule has 2 aromatic rings. The number of aryl methyl sites for hydroxylation is 1. The van der Waals surface area contributed by atoms with E-state index in [1.807, 2.05) is 19.1 Å². The Morgan fingerprint density at radius 3 is 2.82 bits per heavy atom. The molecule has 1 aromatic carbocycles. The van der Waals surface area contributed by atoms with Gasteiger partial charge < -0.3 is 4.74 Å². The van der Waals surface area contributed by atoms with Crippen LogP contribution in [0.3, 0.4) is 0 Å². The second-order valence-corrected chi connectivity index (χ2v) is 5.48. The SMILES string of the molecule is CCOC(=O)c1sc2c(Br)cccc2c1CC. The molecule has 0 atom stereocenters. The number of rotatable bonds is 3. The normalized spacial score (nSPS) is 10.8. The zero-order valence-electron chi connectivity index (χ0n) is 9.75. The van der Waals surface area contributed by atoms with Crippen molar-refractivity contribution < 1.29 is 9.53 Å². The highest BCUT2D eigenvalue weighted by atomic mass is 79.9. The van der Waals surface area contributed by atoms with Crippen molar-refractivity contribution in [3.63, 3.8) is 0 Å². The van der Waals surface area contributed by atoms with Crippen LogP contribution < -0.4 is 0 Å². The van der Waals surface area contributed by atoms with Gasteiger partial charge in [-0.25, -0.2) is 4.79 Å². The standard InChI is InChI=1S/C13H13BrO2S/c1-3-8-9-6-5-7-10(14)11(9)17-12(8)13(15)16-4-2/h5-7H,3-4H2,1-2H3. The van der Waals surface area contributed by atoms with Crippen LogP contribution in [0.1, 0.15) is 29.1 Å². The minimum absolute atomic E-state index is 0.211. The maximum absolute atomic E-state index is 11.9. The lowest BCUT2D eigenvalue weighted by Crippen LogP contribution is -2.04. The number of halogens is 1. The Hall–Kier alpha value is -0.870. The third-order valence-electron chi connectivity index (χ3n) is 2.58. The molecule has 0 radical (unpaired) electrons. The number of carbonyl (C=O) groups is 1. The molecule has 1 heterocycles. The summed E-state index contributed by atoms with van der Waals surface area (Å²) in [6, 6.07) is 6.04. The molecule has 1 aromatic heterocycles. The van der Waals surface area contributed by atoms with Crippen LogP contribution in [0, 0.1) is 0 Å². The van der Waals surface area contributed by atoms with Gasteiger partial charge in [0.05, 0.1) is 6.61 Å². The van der Waals surface area contributed by atoms with E-state index >= 15 is 0 Å². The van der Waals surface area contributed by atoms with Gasteiger partial charge in [0, 0.05) is 9.17 Å². The molecule has 90 valence electrons. The molecule has 0 aliphatic heterocycles. The third kappa shape index (κ3) is 2.24. The molecule has 0 saturated carbocycles. The summed E-state index contributed by atoms with van der Waals surface area (Å²) < 4.78 is 7.25. The van der Waals surface area contributed by atoms with Crippen LogP contribution >= 0.6 is 27.3 Å². The number of ether oxygens (including phenoxy) is 1. The van der Waals surface area contributed by atoms with E-state index in [2.05, 4.69) is 28.9 Å². The lowest BCUT2D eigenvalue weighted by molar-refractivity contribution is 0.0531. The fourth-order valence-electron chi connectivity index (χ4n) is 1.85. The van der Waals surface area contributed by atoms with Gasteiger partial charge in [0.2, 0.25) is 0 Å². The zero-order valence-corrected chi connectivity index (χ0v) is 12.2. The van der Waals surface area contributed by atoms with Crippen molar-refractivity contribution in [1.82, 2.24) is 0 Å². The molecule has 0 spiro atoms. The molecule has 0 aliphatic carbocycles. The van der Waals surface area contributed by atoms with E-state index in [1.165, 1.54) is 11.3 Å². The summed E-state index contributed by atoms with van der Waals surface area (Å²) >= 11 is 5.02. The minimum Gasteiger partial charge on any atom is -0.462 e. The van der Waals surface area contributed by atoms with E-state index < -0.39 is 0 Å². The smallest absolute Gasteiger partial charge is 0.348 e. The summed E-state index contributed by atoms with van der Waals surface area (Å²) in [5.41, 5.74) is 1.09. The number of esters is 1. The van der Waals surface area contributed by atoms with Gasteiger partial charge in [0.15, 0.2) is 0 Å². The van der Waals surface area contributed by atoms with E-state index in [4.69, 9.17) is 4.74 Å². The highest BCUT2D eigenvalue weighted by molar-refractivity contribution is 9.10. The fraction of sp³-hybridized carbons (Fsp3) is 0.308. The summed E-state index contributed by atoms with van der Waals surface area (Å²) in [5, 5.41) is 1.15. The Bertz CT molecular complexity index is 560. The first-order chi connectivity index (χ1) is 8.19.